The van der Waals surface area contributed by atoms with E-state index in [1.165, 1.54) is 4.90 Å². The van der Waals surface area contributed by atoms with Gasteiger partial charge in [-0.1, -0.05) is 18.2 Å². The van der Waals surface area contributed by atoms with E-state index < -0.39 is 5.97 Å². The lowest BCUT2D eigenvalue weighted by atomic mass is 10.2. The summed E-state index contributed by atoms with van der Waals surface area (Å²) in [5.41, 5.74) is 1.70. The molecule has 25 heavy (non-hydrogen) atoms. The van der Waals surface area contributed by atoms with E-state index in [0.717, 1.165) is 5.56 Å². The van der Waals surface area contributed by atoms with Crippen molar-refractivity contribution in [1.29, 1.82) is 0 Å². The summed E-state index contributed by atoms with van der Waals surface area (Å²) in [5, 5.41) is 4.12. The third-order valence-electron chi connectivity index (χ3n) is 3.58. The second-order valence-electron chi connectivity index (χ2n) is 5.81. The summed E-state index contributed by atoms with van der Waals surface area (Å²) in [6.07, 6.45) is 3.68. The quantitative estimate of drug-likeness (QED) is 0.678. The molecule has 0 fully saturated rings. The molecule has 0 saturated carbocycles. The fourth-order valence-electron chi connectivity index (χ4n) is 2.50. The molecule has 134 valence electrons. The number of anilines is 1. The lowest BCUT2D eigenvalue weighted by molar-refractivity contribution is -0.142. The summed E-state index contributed by atoms with van der Waals surface area (Å²) in [5.74, 6) is -0.583. The van der Waals surface area contributed by atoms with Crippen molar-refractivity contribution in [3.63, 3.8) is 0 Å². The van der Waals surface area contributed by atoms with Gasteiger partial charge < -0.3 is 9.64 Å². The van der Waals surface area contributed by atoms with Crippen LogP contribution in [0.25, 0.3) is 0 Å². The smallest absolute Gasteiger partial charge is 0.326 e. The summed E-state index contributed by atoms with van der Waals surface area (Å²) in [6.45, 7) is 2.72. The number of nitrogens with zero attached hydrogens (tertiary/aromatic N) is 4. The maximum Gasteiger partial charge on any atom is 0.326 e. The monoisotopic (exact) mass is 344 g/mol. The van der Waals surface area contributed by atoms with Gasteiger partial charge in [-0.2, -0.15) is 5.10 Å². The van der Waals surface area contributed by atoms with Gasteiger partial charge in [0.25, 0.3) is 0 Å². The van der Waals surface area contributed by atoms with Gasteiger partial charge in [-0.3, -0.25) is 19.2 Å². The summed E-state index contributed by atoms with van der Waals surface area (Å²) < 4.78 is 6.71. The summed E-state index contributed by atoms with van der Waals surface area (Å²) >= 11 is 0. The van der Waals surface area contributed by atoms with Crippen molar-refractivity contribution >= 4 is 17.6 Å². The number of aromatic nitrogens is 2. The highest BCUT2D eigenvalue weighted by Gasteiger charge is 2.21. The predicted molar refractivity (Wildman–Crippen MR) is 95.0 cm³/mol. The van der Waals surface area contributed by atoms with Crippen LogP contribution in [0.1, 0.15) is 12.5 Å². The summed E-state index contributed by atoms with van der Waals surface area (Å²) in [6, 6.07) is 9.14. The Morgan fingerprint density at radius 2 is 1.92 bits per heavy atom. The largest absolute Gasteiger partial charge is 0.465 e. The molecule has 0 bridgehead atoms. The van der Waals surface area contributed by atoms with Crippen LogP contribution in [0.4, 0.5) is 5.69 Å². The average Bonchev–Trinajstić information content (AvgIpc) is 2.98. The number of likely N-dealkylation sites (N-methyl/N-ethyl adjacent to an activating group) is 1. The number of rotatable bonds is 8. The number of hydrogen-bond acceptors (Lipinski definition) is 5. The average molecular weight is 344 g/mol. The van der Waals surface area contributed by atoms with Crippen LogP contribution in [0.5, 0.6) is 0 Å². The maximum atomic E-state index is 12.7. The third-order valence-corrected chi connectivity index (χ3v) is 3.58. The highest BCUT2D eigenvalue weighted by atomic mass is 16.5. The Labute approximate surface area is 147 Å². The normalized spacial score (nSPS) is 10.7. The van der Waals surface area contributed by atoms with Gasteiger partial charge in [-0.15, -0.1) is 0 Å². The Kier molecular flexibility index (Phi) is 6.71. The zero-order valence-corrected chi connectivity index (χ0v) is 14.9. The molecule has 2 rings (SSSR count). The second-order valence-corrected chi connectivity index (χ2v) is 5.81. The van der Waals surface area contributed by atoms with E-state index in [1.54, 1.807) is 29.9 Å². The van der Waals surface area contributed by atoms with Gasteiger partial charge in [0.1, 0.15) is 6.54 Å². The van der Waals surface area contributed by atoms with Crippen LogP contribution in [0.15, 0.2) is 42.7 Å². The lowest BCUT2D eigenvalue weighted by Gasteiger charge is -2.24. The fraction of sp³-hybridized carbons (Fsp3) is 0.389. The van der Waals surface area contributed by atoms with Crippen LogP contribution in [-0.4, -0.2) is 53.3 Å². The van der Waals surface area contributed by atoms with Crippen LogP contribution in [0.3, 0.4) is 0 Å². The van der Waals surface area contributed by atoms with Gasteiger partial charge in [0.2, 0.25) is 5.91 Å². The van der Waals surface area contributed by atoms with E-state index in [4.69, 9.17) is 4.74 Å². The zero-order valence-electron chi connectivity index (χ0n) is 14.9. The van der Waals surface area contributed by atoms with Gasteiger partial charge in [-0.25, -0.2) is 0 Å². The highest BCUT2D eigenvalue weighted by molar-refractivity contribution is 5.98. The topological polar surface area (TPSA) is 67.7 Å². The Balaban J connectivity index is 2.04. The lowest BCUT2D eigenvalue weighted by Crippen LogP contribution is -2.42. The molecule has 1 aromatic carbocycles. The number of para-hydroxylation sites is 1. The Bertz CT molecular complexity index is 699. The zero-order chi connectivity index (χ0) is 18.2. The minimum atomic E-state index is -0.422. The molecule has 2 aromatic rings. The number of carbonyl (C=O) groups is 2. The predicted octanol–water partition coefficient (Wildman–Crippen LogP) is 1.45. The van der Waals surface area contributed by atoms with E-state index in [-0.39, 0.29) is 25.6 Å². The first-order valence-electron chi connectivity index (χ1n) is 8.16. The molecule has 1 aromatic heterocycles. The Morgan fingerprint density at radius 1 is 1.20 bits per heavy atom. The Hall–Kier alpha value is -2.67. The van der Waals surface area contributed by atoms with E-state index in [1.807, 2.05) is 43.4 Å². The van der Waals surface area contributed by atoms with Gasteiger partial charge in [0.05, 0.1) is 19.3 Å². The number of ether oxygens (including phenoxy) is 1. The molecule has 0 unspecified atom stereocenters. The number of benzene rings is 1. The first-order chi connectivity index (χ1) is 12.0. The molecule has 1 heterocycles. The number of hydrogen-bond donors (Lipinski definition) is 0. The molecule has 0 saturated heterocycles. The van der Waals surface area contributed by atoms with Crippen molar-refractivity contribution in [3.8, 4) is 0 Å². The van der Waals surface area contributed by atoms with Crippen molar-refractivity contribution in [2.75, 3.05) is 31.6 Å². The number of carbonyl (C=O) groups excluding carboxylic acids is 2. The van der Waals surface area contributed by atoms with E-state index in [9.17, 15) is 9.59 Å². The van der Waals surface area contributed by atoms with Crippen molar-refractivity contribution in [2.45, 2.75) is 13.5 Å². The molecule has 0 N–H and O–H groups in total. The minimum absolute atomic E-state index is 0.0998. The van der Waals surface area contributed by atoms with Crippen molar-refractivity contribution in [1.82, 2.24) is 14.7 Å². The van der Waals surface area contributed by atoms with E-state index in [2.05, 4.69) is 5.10 Å². The van der Waals surface area contributed by atoms with Crippen LogP contribution >= 0.6 is 0 Å². The molecule has 1 amide bonds. The van der Waals surface area contributed by atoms with Crippen LogP contribution in [0.2, 0.25) is 0 Å². The first kappa shape index (κ1) is 18.7. The molecule has 0 spiro atoms. The summed E-state index contributed by atoms with van der Waals surface area (Å²) in [4.78, 5) is 28.0. The number of amides is 1. The molecule has 0 radical (unpaired) electrons. The highest BCUT2D eigenvalue weighted by Crippen LogP contribution is 2.14. The van der Waals surface area contributed by atoms with Crippen molar-refractivity contribution in [2.24, 2.45) is 7.05 Å². The number of aryl methyl sites for hydroxylation is 1. The van der Waals surface area contributed by atoms with Gasteiger partial charge in [0.15, 0.2) is 0 Å². The van der Waals surface area contributed by atoms with E-state index in [0.29, 0.717) is 12.2 Å². The fourth-order valence-corrected chi connectivity index (χ4v) is 2.50. The maximum absolute atomic E-state index is 12.7. The van der Waals surface area contributed by atoms with Crippen molar-refractivity contribution < 1.29 is 14.3 Å². The van der Waals surface area contributed by atoms with Crippen LogP contribution in [0, 0.1) is 0 Å². The molecule has 0 aliphatic heterocycles. The van der Waals surface area contributed by atoms with Gasteiger partial charge >= 0.3 is 5.97 Å². The van der Waals surface area contributed by atoms with Crippen molar-refractivity contribution in [3.05, 3.63) is 48.3 Å². The molecular weight excluding hydrogens is 320 g/mol. The molecule has 0 aliphatic carbocycles. The van der Waals surface area contributed by atoms with Gasteiger partial charge in [-0.05, 0) is 26.1 Å². The van der Waals surface area contributed by atoms with Crippen LogP contribution < -0.4 is 4.90 Å². The second kappa shape index (κ2) is 8.98. The first-order valence-corrected chi connectivity index (χ1v) is 8.16. The standard InChI is InChI=1S/C18H24N4O3/c1-4-25-18(24)14-22(16-8-6-5-7-9-16)17(23)13-20(2)11-15-10-19-21(3)12-15/h5-10,12H,4,11,13-14H2,1-3H3. The Morgan fingerprint density at radius 3 is 2.52 bits per heavy atom. The van der Waals surface area contributed by atoms with E-state index >= 15 is 0 Å². The SMILES string of the molecule is CCOC(=O)CN(C(=O)CN(C)Cc1cnn(C)c1)c1ccccc1. The summed E-state index contributed by atoms with van der Waals surface area (Å²) in [7, 11) is 3.71. The molecular formula is C18H24N4O3. The molecule has 7 heteroatoms. The number of esters is 1. The third kappa shape index (κ3) is 5.72. The molecule has 7 nitrogen and oxygen atoms in total. The minimum Gasteiger partial charge on any atom is -0.465 e. The van der Waals surface area contributed by atoms with Crippen LogP contribution in [-0.2, 0) is 27.9 Å². The molecule has 0 atom stereocenters. The van der Waals surface area contributed by atoms with Gasteiger partial charge in [0, 0.05) is 31.0 Å². The molecule has 0 aliphatic rings.